The molecule has 3 rings (SSSR count). The number of aliphatic hydroxyl groups excluding tert-OH is 1. The van der Waals surface area contributed by atoms with Crippen LogP contribution < -0.4 is 5.32 Å². The molecule has 1 unspecified atom stereocenters. The molecule has 0 aliphatic carbocycles. The minimum Gasteiger partial charge on any atom is -0.508 e. The summed E-state index contributed by atoms with van der Waals surface area (Å²) in [4.78, 5) is 2.01. The molecule has 3 N–H and O–H groups in total. The summed E-state index contributed by atoms with van der Waals surface area (Å²) in [6.45, 7) is 4.21. The normalized spacial score (nSPS) is 15.9. The fourth-order valence-corrected chi connectivity index (χ4v) is 4.98. The summed E-state index contributed by atoms with van der Waals surface area (Å²) < 4.78 is 32.1. The molecule has 0 amide bonds. The van der Waals surface area contributed by atoms with Gasteiger partial charge >= 0.3 is 0 Å². The first-order valence-electron chi connectivity index (χ1n) is 10.0. The number of anilines is 1. The van der Waals surface area contributed by atoms with E-state index in [0.717, 1.165) is 0 Å². The van der Waals surface area contributed by atoms with Crippen molar-refractivity contribution in [2.45, 2.75) is 17.9 Å². The summed E-state index contributed by atoms with van der Waals surface area (Å²) in [5.41, 5.74) is 1.25. The Morgan fingerprint density at radius 2 is 1.90 bits per heavy atom. The van der Waals surface area contributed by atoms with Crippen LogP contribution in [0.5, 0.6) is 5.75 Å². The van der Waals surface area contributed by atoms with Crippen LogP contribution in [0.3, 0.4) is 0 Å². The lowest BCUT2D eigenvalue weighted by Gasteiger charge is -2.27. The molecule has 0 radical (unpaired) electrons. The van der Waals surface area contributed by atoms with Crippen LogP contribution in [-0.2, 0) is 14.8 Å². The number of phenolic OH excluding ortho intramolecular Hbond substituents is 1. The average Bonchev–Trinajstić information content (AvgIpc) is 2.78. The molecule has 1 heterocycles. The van der Waals surface area contributed by atoms with Gasteiger partial charge in [-0.15, -0.1) is 0 Å². The molecular weight excluding hydrogens is 438 g/mol. The standard InChI is InChI=1S/C21H27N3O5S2/c1-2-23(15-20(26)16-4-3-5-18(25)14-16)21(30)22-17-6-8-19(9-7-17)31(27,28)24-10-12-29-13-11-24/h3-9,14,20,25-26H,2,10-13,15H2,1H3,(H,22,30). The minimum absolute atomic E-state index is 0.0902. The van der Waals surface area contributed by atoms with E-state index in [4.69, 9.17) is 17.0 Å². The van der Waals surface area contributed by atoms with Crippen molar-refractivity contribution in [1.29, 1.82) is 0 Å². The molecule has 10 heteroatoms. The third kappa shape index (κ3) is 5.92. The highest BCUT2D eigenvalue weighted by atomic mass is 32.2. The average molecular weight is 466 g/mol. The summed E-state index contributed by atoms with van der Waals surface area (Å²) in [5.74, 6) is 0.0902. The number of sulfonamides is 1. The lowest BCUT2D eigenvalue weighted by molar-refractivity contribution is 0.0730. The first-order valence-corrected chi connectivity index (χ1v) is 11.9. The second-order valence-corrected chi connectivity index (χ2v) is 9.45. The van der Waals surface area contributed by atoms with E-state index < -0.39 is 16.1 Å². The van der Waals surface area contributed by atoms with Gasteiger partial charge < -0.3 is 25.2 Å². The number of hydrogen-bond donors (Lipinski definition) is 3. The van der Waals surface area contributed by atoms with Crippen LogP contribution in [0.4, 0.5) is 5.69 Å². The third-order valence-corrected chi connectivity index (χ3v) is 7.30. The van der Waals surface area contributed by atoms with Crippen molar-refractivity contribution in [2.24, 2.45) is 0 Å². The third-order valence-electron chi connectivity index (χ3n) is 5.03. The Balaban J connectivity index is 1.63. The summed E-state index contributed by atoms with van der Waals surface area (Å²) in [6.07, 6.45) is -0.826. The Morgan fingerprint density at radius 1 is 1.23 bits per heavy atom. The smallest absolute Gasteiger partial charge is 0.243 e. The van der Waals surface area contributed by atoms with Gasteiger partial charge in [-0.2, -0.15) is 4.31 Å². The molecule has 8 nitrogen and oxygen atoms in total. The molecule has 1 atom stereocenters. The summed E-state index contributed by atoms with van der Waals surface area (Å²) in [5, 5.41) is 23.6. The van der Waals surface area contributed by atoms with Crippen molar-refractivity contribution in [3.8, 4) is 5.75 Å². The fraction of sp³-hybridized carbons (Fsp3) is 0.381. The lowest BCUT2D eigenvalue weighted by Crippen LogP contribution is -2.40. The summed E-state index contributed by atoms with van der Waals surface area (Å²) in [7, 11) is -3.55. The number of benzene rings is 2. The number of phenols is 1. The maximum Gasteiger partial charge on any atom is 0.243 e. The Morgan fingerprint density at radius 3 is 2.52 bits per heavy atom. The number of morpholine rings is 1. The number of ether oxygens (including phenoxy) is 1. The largest absolute Gasteiger partial charge is 0.508 e. The van der Waals surface area contributed by atoms with E-state index in [1.54, 1.807) is 47.4 Å². The van der Waals surface area contributed by atoms with Crippen molar-refractivity contribution >= 4 is 33.0 Å². The van der Waals surface area contributed by atoms with E-state index in [1.165, 1.54) is 10.4 Å². The SMILES string of the molecule is CCN(CC(O)c1cccc(O)c1)C(=S)Nc1ccc(S(=O)(=O)N2CCOCC2)cc1. The van der Waals surface area contributed by atoms with Gasteiger partial charge in [0.05, 0.1) is 30.8 Å². The molecule has 1 fully saturated rings. The topological polar surface area (TPSA) is 102 Å². The zero-order chi connectivity index (χ0) is 22.4. The number of aromatic hydroxyl groups is 1. The Kier molecular flexibility index (Phi) is 7.84. The molecule has 31 heavy (non-hydrogen) atoms. The Bertz CT molecular complexity index is 992. The number of rotatable bonds is 7. The van der Waals surface area contributed by atoms with Gasteiger partial charge in [0.15, 0.2) is 5.11 Å². The van der Waals surface area contributed by atoms with Crippen molar-refractivity contribution in [3.05, 3.63) is 54.1 Å². The first kappa shape index (κ1) is 23.4. The number of likely N-dealkylation sites (N-methyl/N-ethyl adjacent to an activating group) is 1. The number of thiocarbonyl (C=S) groups is 1. The van der Waals surface area contributed by atoms with Crippen molar-refractivity contribution in [3.63, 3.8) is 0 Å². The molecule has 0 bridgehead atoms. The van der Waals surface area contributed by atoms with Gasteiger partial charge in [-0.3, -0.25) is 0 Å². The fourth-order valence-electron chi connectivity index (χ4n) is 3.25. The number of hydrogen-bond acceptors (Lipinski definition) is 6. The van der Waals surface area contributed by atoms with Crippen LogP contribution in [0, 0.1) is 0 Å². The number of nitrogens with one attached hydrogen (secondary N) is 1. The van der Waals surface area contributed by atoms with Crippen LogP contribution >= 0.6 is 12.2 Å². The molecule has 1 aliphatic rings. The molecule has 1 saturated heterocycles. The summed E-state index contributed by atoms with van der Waals surface area (Å²) in [6, 6.07) is 12.9. The van der Waals surface area contributed by atoms with E-state index in [-0.39, 0.29) is 17.2 Å². The van der Waals surface area contributed by atoms with E-state index in [2.05, 4.69) is 5.32 Å². The predicted molar refractivity (Wildman–Crippen MR) is 123 cm³/mol. The van der Waals surface area contributed by atoms with Crippen molar-refractivity contribution < 1.29 is 23.4 Å². The summed E-state index contributed by atoms with van der Waals surface area (Å²) >= 11 is 5.47. The van der Waals surface area contributed by atoms with Crippen LogP contribution in [-0.4, -0.2) is 72.3 Å². The van der Waals surface area contributed by atoms with E-state index >= 15 is 0 Å². The van der Waals surface area contributed by atoms with Crippen molar-refractivity contribution in [2.75, 3.05) is 44.7 Å². The van der Waals surface area contributed by atoms with Gasteiger partial charge in [-0.25, -0.2) is 8.42 Å². The zero-order valence-electron chi connectivity index (χ0n) is 17.3. The highest BCUT2D eigenvalue weighted by Gasteiger charge is 2.26. The molecule has 168 valence electrons. The second-order valence-electron chi connectivity index (χ2n) is 7.12. The Labute approximate surface area is 188 Å². The van der Waals surface area contributed by atoms with E-state index in [0.29, 0.717) is 49.2 Å². The van der Waals surface area contributed by atoms with Gasteiger partial charge in [-0.05, 0) is 61.1 Å². The molecule has 1 aliphatic heterocycles. The molecule has 0 aromatic heterocycles. The molecule has 2 aromatic carbocycles. The second kappa shape index (κ2) is 10.4. The Hall–Kier alpha value is -2.24. The monoisotopic (exact) mass is 465 g/mol. The van der Waals surface area contributed by atoms with Gasteiger partial charge in [0.2, 0.25) is 10.0 Å². The van der Waals surface area contributed by atoms with Gasteiger partial charge in [-0.1, -0.05) is 12.1 Å². The van der Waals surface area contributed by atoms with E-state index in [9.17, 15) is 18.6 Å². The maximum atomic E-state index is 12.7. The minimum atomic E-state index is -3.55. The molecule has 2 aromatic rings. The van der Waals surface area contributed by atoms with Crippen LogP contribution in [0.25, 0.3) is 0 Å². The predicted octanol–water partition coefficient (Wildman–Crippen LogP) is 2.17. The molecule has 0 spiro atoms. The zero-order valence-corrected chi connectivity index (χ0v) is 18.9. The highest BCUT2D eigenvalue weighted by molar-refractivity contribution is 7.89. The number of nitrogens with zero attached hydrogens (tertiary/aromatic N) is 2. The van der Waals surface area contributed by atoms with Gasteiger partial charge in [0, 0.05) is 25.3 Å². The van der Waals surface area contributed by atoms with E-state index in [1.807, 2.05) is 6.92 Å². The maximum absolute atomic E-state index is 12.7. The molecule has 0 saturated carbocycles. The van der Waals surface area contributed by atoms with Crippen LogP contribution in [0.15, 0.2) is 53.4 Å². The van der Waals surface area contributed by atoms with Crippen molar-refractivity contribution in [1.82, 2.24) is 9.21 Å². The van der Waals surface area contributed by atoms with Gasteiger partial charge in [0.25, 0.3) is 0 Å². The van der Waals surface area contributed by atoms with Crippen LogP contribution in [0.1, 0.15) is 18.6 Å². The molecular formula is C21H27N3O5S2. The lowest BCUT2D eigenvalue weighted by atomic mass is 10.1. The first-order chi connectivity index (χ1) is 14.8. The van der Waals surface area contributed by atoms with Crippen LogP contribution in [0.2, 0.25) is 0 Å². The highest BCUT2D eigenvalue weighted by Crippen LogP contribution is 2.21. The van der Waals surface area contributed by atoms with Gasteiger partial charge in [0.1, 0.15) is 5.75 Å². The quantitative estimate of drug-likeness (QED) is 0.535. The number of aliphatic hydroxyl groups is 1.